The van der Waals surface area contributed by atoms with Crippen LogP contribution in [0.4, 0.5) is 0 Å². The molecule has 1 aliphatic carbocycles. The molecule has 3 rings (SSSR count). The third kappa shape index (κ3) is 3.20. The molecule has 0 radical (unpaired) electrons. The molecule has 2 unspecified atom stereocenters. The Kier molecular flexibility index (Phi) is 4.68. The number of benzene rings is 1. The van der Waals surface area contributed by atoms with Gasteiger partial charge < -0.3 is 10.5 Å². The molecule has 1 aromatic rings. The van der Waals surface area contributed by atoms with Crippen molar-refractivity contribution in [2.75, 3.05) is 6.61 Å². The minimum absolute atomic E-state index is 0.155. The number of hydrogen-bond donors (Lipinski definition) is 1. The van der Waals surface area contributed by atoms with Crippen molar-refractivity contribution in [1.82, 2.24) is 0 Å². The Morgan fingerprint density at radius 1 is 1.15 bits per heavy atom. The van der Waals surface area contributed by atoms with Gasteiger partial charge in [0.05, 0.1) is 5.60 Å². The van der Waals surface area contributed by atoms with E-state index in [2.05, 4.69) is 46.9 Å². The van der Waals surface area contributed by atoms with E-state index in [4.69, 9.17) is 10.5 Å². The van der Waals surface area contributed by atoms with Crippen LogP contribution in [0.15, 0.2) is 24.3 Å². The van der Waals surface area contributed by atoms with Crippen molar-refractivity contribution in [1.29, 1.82) is 0 Å². The Morgan fingerprint density at radius 2 is 1.85 bits per heavy atom. The Labute approximate surface area is 135 Å². The maximum atomic E-state index is 6.55. The number of rotatable bonds is 2. The first kappa shape index (κ1) is 14.8. The molecule has 0 aromatic heterocycles. The third-order valence-corrected chi connectivity index (χ3v) is 5.78. The average Bonchev–Trinajstić information content (AvgIpc) is 2.48. The van der Waals surface area contributed by atoms with Crippen LogP contribution >= 0.6 is 22.6 Å². The highest BCUT2D eigenvalue weighted by Crippen LogP contribution is 2.43. The van der Waals surface area contributed by atoms with E-state index in [-0.39, 0.29) is 11.6 Å². The van der Waals surface area contributed by atoms with Crippen LogP contribution in [0.1, 0.15) is 56.6 Å². The van der Waals surface area contributed by atoms with E-state index >= 15 is 0 Å². The second-order valence-corrected chi connectivity index (χ2v) is 7.67. The summed E-state index contributed by atoms with van der Waals surface area (Å²) in [6, 6.07) is 8.86. The zero-order valence-corrected chi connectivity index (χ0v) is 14.1. The molecule has 3 heteroatoms. The molecule has 1 aromatic carbocycles. The minimum atomic E-state index is 0.155. The molecule has 2 fully saturated rings. The highest BCUT2D eigenvalue weighted by atomic mass is 127. The molecule has 1 spiro atoms. The standard InChI is InChI=1S/C17H24INO/c18-15-6-4-13(5-7-15)16(19)14-8-11-20-17(12-14)9-2-1-3-10-17/h4-7,14,16H,1-3,8-12,19H2. The van der Waals surface area contributed by atoms with Crippen molar-refractivity contribution in [2.24, 2.45) is 11.7 Å². The SMILES string of the molecule is NC(c1ccc(I)cc1)C1CCOC2(CCCCC2)C1. The van der Waals surface area contributed by atoms with Crippen LogP contribution in [0, 0.1) is 9.49 Å². The van der Waals surface area contributed by atoms with Gasteiger partial charge in [-0.05, 0) is 71.9 Å². The van der Waals surface area contributed by atoms with Gasteiger partial charge in [0.15, 0.2) is 0 Å². The Balaban J connectivity index is 1.71. The van der Waals surface area contributed by atoms with E-state index < -0.39 is 0 Å². The molecule has 2 nitrogen and oxygen atoms in total. The normalized spacial score (nSPS) is 27.4. The molecule has 2 atom stereocenters. The number of halogens is 1. The van der Waals surface area contributed by atoms with E-state index in [0.717, 1.165) is 19.4 Å². The van der Waals surface area contributed by atoms with Gasteiger partial charge in [0, 0.05) is 16.2 Å². The predicted molar refractivity (Wildman–Crippen MR) is 90.6 cm³/mol. The van der Waals surface area contributed by atoms with Crippen LogP contribution < -0.4 is 5.73 Å². The summed E-state index contributed by atoms with van der Waals surface area (Å²) >= 11 is 2.34. The molecule has 1 saturated carbocycles. The van der Waals surface area contributed by atoms with Crippen molar-refractivity contribution in [3.63, 3.8) is 0 Å². The van der Waals surface area contributed by atoms with E-state index in [9.17, 15) is 0 Å². The molecule has 2 aliphatic rings. The zero-order chi connectivity index (χ0) is 14.0. The molecule has 0 amide bonds. The maximum Gasteiger partial charge on any atom is 0.0685 e. The van der Waals surface area contributed by atoms with E-state index in [0.29, 0.717) is 5.92 Å². The van der Waals surface area contributed by atoms with Gasteiger partial charge in [-0.2, -0.15) is 0 Å². The lowest BCUT2D eigenvalue weighted by Gasteiger charge is -2.45. The average molecular weight is 385 g/mol. The van der Waals surface area contributed by atoms with Crippen molar-refractivity contribution < 1.29 is 4.74 Å². The van der Waals surface area contributed by atoms with Crippen LogP contribution in [-0.2, 0) is 4.74 Å². The highest BCUT2D eigenvalue weighted by Gasteiger charge is 2.40. The minimum Gasteiger partial charge on any atom is -0.375 e. The van der Waals surface area contributed by atoms with Gasteiger partial charge in [-0.1, -0.05) is 31.4 Å². The molecule has 0 bridgehead atoms. The van der Waals surface area contributed by atoms with Gasteiger partial charge in [0.25, 0.3) is 0 Å². The van der Waals surface area contributed by atoms with Crippen LogP contribution in [0.5, 0.6) is 0 Å². The molecular formula is C17H24INO. The van der Waals surface area contributed by atoms with Crippen LogP contribution in [0.2, 0.25) is 0 Å². The molecule has 20 heavy (non-hydrogen) atoms. The fourth-order valence-electron chi connectivity index (χ4n) is 3.87. The molecule has 1 aliphatic heterocycles. The highest BCUT2D eigenvalue weighted by molar-refractivity contribution is 14.1. The van der Waals surface area contributed by atoms with Crippen molar-refractivity contribution in [2.45, 2.75) is 56.6 Å². The number of ether oxygens (including phenoxy) is 1. The van der Waals surface area contributed by atoms with E-state index in [1.165, 1.54) is 41.2 Å². The summed E-state index contributed by atoms with van der Waals surface area (Å²) < 4.78 is 7.46. The summed E-state index contributed by atoms with van der Waals surface area (Å²) in [6.45, 7) is 0.892. The quantitative estimate of drug-likeness (QED) is 0.765. The first-order chi connectivity index (χ1) is 9.69. The van der Waals surface area contributed by atoms with Crippen molar-refractivity contribution >= 4 is 22.6 Å². The van der Waals surface area contributed by atoms with Crippen molar-refractivity contribution in [3.8, 4) is 0 Å². The van der Waals surface area contributed by atoms with Gasteiger partial charge in [-0.25, -0.2) is 0 Å². The topological polar surface area (TPSA) is 35.2 Å². The molecule has 110 valence electrons. The summed E-state index contributed by atoms with van der Waals surface area (Å²) in [5, 5.41) is 0. The summed E-state index contributed by atoms with van der Waals surface area (Å²) in [7, 11) is 0. The number of nitrogens with two attached hydrogens (primary N) is 1. The van der Waals surface area contributed by atoms with Crippen molar-refractivity contribution in [3.05, 3.63) is 33.4 Å². The summed E-state index contributed by atoms with van der Waals surface area (Å²) in [5.74, 6) is 0.571. The number of hydrogen-bond acceptors (Lipinski definition) is 2. The Bertz CT molecular complexity index is 433. The summed E-state index contributed by atoms with van der Waals surface area (Å²) in [4.78, 5) is 0. The fourth-order valence-corrected chi connectivity index (χ4v) is 4.23. The van der Waals surface area contributed by atoms with Gasteiger partial charge in [0.1, 0.15) is 0 Å². The third-order valence-electron chi connectivity index (χ3n) is 5.06. The Hall–Kier alpha value is -0.130. The molecule has 2 N–H and O–H groups in total. The lowest BCUT2D eigenvalue weighted by atomic mass is 9.73. The smallest absolute Gasteiger partial charge is 0.0685 e. The molecular weight excluding hydrogens is 361 g/mol. The van der Waals surface area contributed by atoms with Gasteiger partial charge in [-0.3, -0.25) is 0 Å². The lowest BCUT2D eigenvalue weighted by molar-refractivity contribution is -0.120. The maximum absolute atomic E-state index is 6.55. The van der Waals surface area contributed by atoms with Gasteiger partial charge in [0.2, 0.25) is 0 Å². The summed E-state index contributed by atoms with van der Waals surface area (Å²) in [5.41, 5.74) is 7.99. The van der Waals surface area contributed by atoms with Gasteiger partial charge >= 0.3 is 0 Å². The Morgan fingerprint density at radius 3 is 2.55 bits per heavy atom. The predicted octanol–water partition coefficient (Wildman–Crippen LogP) is 4.42. The van der Waals surface area contributed by atoms with Crippen LogP contribution in [0.25, 0.3) is 0 Å². The lowest BCUT2D eigenvalue weighted by Crippen LogP contribution is -2.44. The van der Waals surface area contributed by atoms with Crippen LogP contribution in [-0.4, -0.2) is 12.2 Å². The zero-order valence-electron chi connectivity index (χ0n) is 12.0. The van der Waals surface area contributed by atoms with E-state index in [1.807, 2.05) is 0 Å². The largest absolute Gasteiger partial charge is 0.375 e. The summed E-state index contributed by atoms with van der Waals surface area (Å²) in [6.07, 6.45) is 8.76. The van der Waals surface area contributed by atoms with E-state index in [1.54, 1.807) is 0 Å². The van der Waals surface area contributed by atoms with Crippen LogP contribution in [0.3, 0.4) is 0 Å². The van der Waals surface area contributed by atoms with Gasteiger partial charge in [-0.15, -0.1) is 0 Å². The molecule has 1 saturated heterocycles. The first-order valence-corrected chi connectivity index (χ1v) is 8.91. The second-order valence-electron chi connectivity index (χ2n) is 6.42. The monoisotopic (exact) mass is 385 g/mol. The second kappa shape index (κ2) is 6.32. The first-order valence-electron chi connectivity index (χ1n) is 7.84. The molecule has 1 heterocycles. The fraction of sp³-hybridized carbons (Fsp3) is 0.647.